The molecule has 0 aromatic heterocycles. The van der Waals surface area contributed by atoms with E-state index in [1.807, 2.05) is 12.1 Å². The van der Waals surface area contributed by atoms with Crippen molar-refractivity contribution >= 4 is 16.2 Å². The molecule has 1 aliphatic carbocycles. The van der Waals surface area contributed by atoms with Gasteiger partial charge in [-0.3, -0.25) is 0 Å². The molecule has 0 unspecified atom stereocenters. The van der Waals surface area contributed by atoms with E-state index in [2.05, 4.69) is 6.92 Å². The molecule has 0 atom stereocenters. The van der Waals surface area contributed by atoms with Crippen LogP contribution in [-0.4, -0.2) is 5.97 Å². The Balaban J connectivity index is 1.53. The van der Waals surface area contributed by atoms with Crippen LogP contribution in [0.4, 0.5) is 19.4 Å². The van der Waals surface area contributed by atoms with Crippen molar-refractivity contribution in [3.05, 3.63) is 59.7 Å². The Morgan fingerprint density at radius 2 is 1.45 bits per heavy atom. The molecule has 0 aliphatic heterocycles. The summed E-state index contributed by atoms with van der Waals surface area (Å²) < 4.78 is 69.0. The molecule has 2 aromatic carbocycles. The van der Waals surface area contributed by atoms with Gasteiger partial charge >= 0.3 is 16.2 Å². The van der Waals surface area contributed by atoms with Crippen LogP contribution < -0.4 is 4.74 Å². The molecule has 2 nitrogen and oxygen atoms in total. The third-order valence-corrected chi connectivity index (χ3v) is 7.57. The summed E-state index contributed by atoms with van der Waals surface area (Å²) in [6.07, 6.45) is 11.2. The highest BCUT2D eigenvalue weighted by atomic mass is 32.5. The Morgan fingerprint density at radius 1 is 0.848 bits per heavy atom. The summed E-state index contributed by atoms with van der Waals surface area (Å²) in [7, 11) is -9.75. The fourth-order valence-corrected chi connectivity index (χ4v) is 5.12. The fourth-order valence-electron chi connectivity index (χ4n) is 4.47. The van der Waals surface area contributed by atoms with Gasteiger partial charge in [0.2, 0.25) is 0 Å². The van der Waals surface area contributed by atoms with Crippen molar-refractivity contribution in [1.82, 2.24) is 0 Å². The van der Waals surface area contributed by atoms with E-state index in [1.165, 1.54) is 44.9 Å². The topological polar surface area (TPSA) is 26.3 Å². The number of benzene rings is 2. The highest BCUT2D eigenvalue weighted by Crippen LogP contribution is 3.02. The van der Waals surface area contributed by atoms with Gasteiger partial charge in [-0.1, -0.05) is 70.6 Å². The Bertz CT molecular complexity index is 932. The van der Waals surface area contributed by atoms with E-state index < -0.39 is 21.1 Å². The summed E-state index contributed by atoms with van der Waals surface area (Å²) in [5.41, 5.74) is 1.41. The molecule has 0 amide bonds. The molecule has 0 N–H and O–H groups in total. The Morgan fingerprint density at radius 3 is 2.00 bits per heavy atom. The summed E-state index contributed by atoms with van der Waals surface area (Å²) in [4.78, 5) is 10.3. The molecule has 184 valence electrons. The van der Waals surface area contributed by atoms with Crippen molar-refractivity contribution < 1.29 is 29.0 Å². The average molecular weight is 491 g/mol. The van der Waals surface area contributed by atoms with Gasteiger partial charge in [0.05, 0.1) is 5.56 Å². The molecule has 1 saturated carbocycles. The van der Waals surface area contributed by atoms with Crippen molar-refractivity contribution in [3.8, 4) is 5.75 Å². The van der Waals surface area contributed by atoms with Gasteiger partial charge in [0.1, 0.15) is 10.6 Å². The maximum atomic E-state index is 12.8. The predicted octanol–water partition coefficient (Wildman–Crippen LogP) is 9.81. The SMILES string of the molecule is CCCCCCC1CCC(c2ccc(C(=O)Oc3ccc(S(F)(F)(F)(F)F)cc3)cc2)CC1. The molecular weight excluding hydrogens is 459 g/mol. The van der Waals surface area contributed by atoms with Crippen LogP contribution in [0, 0.1) is 5.92 Å². The quantitative estimate of drug-likeness (QED) is 0.151. The lowest BCUT2D eigenvalue weighted by atomic mass is 9.77. The minimum Gasteiger partial charge on any atom is -0.423 e. The number of carbonyl (C=O) groups excluding carboxylic acids is 1. The zero-order valence-corrected chi connectivity index (χ0v) is 19.6. The van der Waals surface area contributed by atoms with E-state index in [0.717, 1.165) is 36.5 Å². The first-order valence-corrected chi connectivity index (χ1v) is 13.5. The third-order valence-electron chi connectivity index (χ3n) is 6.41. The van der Waals surface area contributed by atoms with Crippen LogP contribution in [0.3, 0.4) is 0 Å². The van der Waals surface area contributed by atoms with Crippen LogP contribution in [0.1, 0.15) is 86.6 Å². The largest absolute Gasteiger partial charge is 0.423 e. The smallest absolute Gasteiger partial charge is 0.343 e. The molecule has 0 bridgehead atoms. The highest BCUT2D eigenvalue weighted by molar-refractivity contribution is 8.45. The number of esters is 1. The molecule has 0 heterocycles. The van der Waals surface area contributed by atoms with Crippen molar-refractivity contribution in [2.75, 3.05) is 0 Å². The molecule has 0 saturated heterocycles. The van der Waals surface area contributed by atoms with Crippen molar-refractivity contribution in [3.63, 3.8) is 0 Å². The van der Waals surface area contributed by atoms with E-state index >= 15 is 0 Å². The van der Waals surface area contributed by atoms with Gasteiger partial charge in [0.25, 0.3) is 0 Å². The zero-order valence-electron chi connectivity index (χ0n) is 18.8. The standard InChI is InChI=1S/C25H31F5O2S/c1-2-3-4-5-6-19-7-9-20(10-8-19)21-11-13-22(14-12-21)25(31)32-23-15-17-24(18-16-23)33(26,27,28,29)30/h11-20H,2-10H2,1H3. The van der Waals surface area contributed by atoms with Crippen LogP contribution in [0.25, 0.3) is 0 Å². The van der Waals surface area contributed by atoms with Crippen molar-refractivity contribution in [1.29, 1.82) is 0 Å². The number of hydrogen-bond acceptors (Lipinski definition) is 2. The molecule has 1 fully saturated rings. The summed E-state index contributed by atoms with van der Waals surface area (Å²) in [6, 6.07) is 8.95. The molecule has 1 aliphatic rings. The van der Waals surface area contributed by atoms with Crippen LogP contribution >= 0.6 is 10.2 Å². The van der Waals surface area contributed by atoms with Gasteiger partial charge in [0, 0.05) is 0 Å². The van der Waals surface area contributed by atoms with Crippen molar-refractivity contribution in [2.24, 2.45) is 5.92 Å². The maximum Gasteiger partial charge on any atom is 0.343 e. The molecule has 2 aromatic rings. The number of ether oxygens (including phenoxy) is 1. The highest BCUT2D eigenvalue weighted by Gasteiger charge is 2.65. The molecule has 0 spiro atoms. The first kappa shape index (κ1) is 25.5. The van der Waals surface area contributed by atoms with Crippen molar-refractivity contribution in [2.45, 2.75) is 75.5 Å². The second-order valence-corrected chi connectivity index (χ2v) is 11.4. The second-order valence-electron chi connectivity index (χ2n) is 9.02. The van der Waals surface area contributed by atoms with Gasteiger partial charge in [0.15, 0.2) is 0 Å². The fraction of sp³-hybridized carbons (Fsp3) is 0.480. The third kappa shape index (κ3) is 7.45. The summed E-state index contributed by atoms with van der Waals surface area (Å²) in [5.74, 6) is 0.281. The van der Waals surface area contributed by atoms with E-state index in [-0.39, 0.29) is 23.4 Å². The van der Waals surface area contributed by atoms with Gasteiger partial charge in [-0.2, -0.15) is 0 Å². The second kappa shape index (κ2) is 9.28. The molecule has 8 heteroatoms. The number of halogens is 5. The lowest BCUT2D eigenvalue weighted by Crippen LogP contribution is -2.14. The number of carbonyl (C=O) groups is 1. The maximum absolute atomic E-state index is 12.8. The first-order chi connectivity index (χ1) is 15.4. The van der Waals surface area contributed by atoms with Gasteiger partial charge in [-0.25, -0.2) is 4.79 Å². The summed E-state index contributed by atoms with van der Waals surface area (Å²) in [6.45, 7) is 2.22. The molecule has 33 heavy (non-hydrogen) atoms. The predicted molar refractivity (Wildman–Crippen MR) is 123 cm³/mol. The van der Waals surface area contributed by atoms with E-state index in [1.54, 1.807) is 12.1 Å². The Labute approximate surface area is 192 Å². The molecule has 3 rings (SSSR count). The minimum atomic E-state index is -9.75. The van der Waals surface area contributed by atoms with Gasteiger partial charge in [-0.15, -0.1) is 0 Å². The van der Waals surface area contributed by atoms with Gasteiger partial charge in [-0.05, 0) is 79.5 Å². The van der Waals surface area contributed by atoms with E-state index in [0.29, 0.717) is 5.92 Å². The molecule has 0 radical (unpaired) electrons. The van der Waals surface area contributed by atoms with E-state index in [9.17, 15) is 24.2 Å². The zero-order chi connectivity index (χ0) is 24.2. The van der Waals surface area contributed by atoms with Crippen LogP contribution in [0.5, 0.6) is 5.75 Å². The average Bonchev–Trinajstić information content (AvgIpc) is 2.76. The number of rotatable bonds is 9. The Kier molecular flexibility index (Phi) is 7.18. The lowest BCUT2D eigenvalue weighted by molar-refractivity contribution is 0.0734. The van der Waals surface area contributed by atoms with Crippen LogP contribution in [-0.2, 0) is 0 Å². The summed E-state index contributed by atoms with van der Waals surface area (Å²) >= 11 is 0. The van der Waals surface area contributed by atoms with E-state index in [4.69, 9.17) is 4.74 Å². The van der Waals surface area contributed by atoms with Crippen LogP contribution in [0.15, 0.2) is 53.4 Å². The van der Waals surface area contributed by atoms with Crippen LogP contribution in [0.2, 0.25) is 0 Å². The molecular formula is C25H31F5O2S. The Hall–Kier alpha value is -2.09. The summed E-state index contributed by atoms with van der Waals surface area (Å²) in [5, 5.41) is 0. The van der Waals surface area contributed by atoms with Gasteiger partial charge < -0.3 is 4.74 Å². The normalized spacial score (nSPS) is 21.2. The minimum absolute atomic E-state index is 0.230. The monoisotopic (exact) mass is 490 g/mol. The number of unbranched alkanes of at least 4 members (excludes halogenated alkanes) is 3. The lowest BCUT2D eigenvalue weighted by Gasteiger charge is -2.40. The number of hydrogen-bond donors (Lipinski definition) is 0. The first-order valence-electron chi connectivity index (χ1n) is 11.5.